The monoisotopic (exact) mass is 415 g/mol. The zero-order chi connectivity index (χ0) is 21.0. The molecule has 0 radical (unpaired) electrons. The number of amides is 2. The van der Waals surface area contributed by atoms with Gasteiger partial charge in [0.2, 0.25) is 15.9 Å². The molecule has 2 aromatic rings. The van der Waals surface area contributed by atoms with Gasteiger partial charge >= 0.3 is 0 Å². The Morgan fingerprint density at radius 1 is 1.17 bits per heavy atom. The summed E-state index contributed by atoms with van der Waals surface area (Å²) in [4.78, 5) is 25.7. The number of nitrogens with two attached hydrogens (primary N) is 1. The molecule has 1 atom stereocenters. The summed E-state index contributed by atoms with van der Waals surface area (Å²) in [5, 5.41) is 1.05. The zero-order valence-electron chi connectivity index (χ0n) is 15.8. The third kappa shape index (κ3) is 4.82. The lowest BCUT2D eigenvalue weighted by Gasteiger charge is -2.34. The van der Waals surface area contributed by atoms with Gasteiger partial charge in [-0.2, -0.15) is 4.31 Å². The van der Waals surface area contributed by atoms with Crippen molar-refractivity contribution < 1.29 is 22.7 Å². The quantitative estimate of drug-likeness (QED) is 0.762. The third-order valence-corrected chi connectivity index (χ3v) is 5.89. The van der Waals surface area contributed by atoms with E-state index in [1.54, 1.807) is 48.5 Å². The molecule has 0 aliphatic carbocycles. The number of rotatable bonds is 6. The number of anilines is 1. The number of likely N-dealkylation sites (N-methyl/N-ethyl adjacent to an activating group) is 1. The van der Waals surface area contributed by atoms with Crippen LogP contribution in [0, 0.1) is 0 Å². The van der Waals surface area contributed by atoms with Crippen LogP contribution in [0.5, 0.6) is 5.75 Å². The van der Waals surface area contributed by atoms with Crippen molar-refractivity contribution in [2.75, 3.05) is 25.0 Å². The van der Waals surface area contributed by atoms with Crippen LogP contribution < -0.4 is 15.4 Å². The van der Waals surface area contributed by atoms with E-state index in [-0.39, 0.29) is 6.54 Å². The molecule has 1 heterocycles. The van der Waals surface area contributed by atoms with Crippen LogP contribution in [0.15, 0.2) is 60.0 Å². The summed E-state index contributed by atoms with van der Waals surface area (Å²) in [5.41, 5.74) is 6.52. The molecule has 3 rings (SSSR count). The number of fused-ring (bicyclic) bond motifs is 1. The molecular formula is C20H21N3O5S. The zero-order valence-corrected chi connectivity index (χ0v) is 16.6. The van der Waals surface area contributed by atoms with Gasteiger partial charge in [0.1, 0.15) is 5.75 Å². The number of hydrogen-bond donors (Lipinski definition) is 1. The summed E-state index contributed by atoms with van der Waals surface area (Å²) >= 11 is 0. The van der Waals surface area contributed by atoms with E-state index in [0.29, 0.717) is 11.4 Å². The van der Waals surface area contributed by atoms with Crippen LogP contribution >= 0.6 is 0 Å². The van der Waals surface area contributed by atoms with Crippen LogP contribution in [0.4, 0.5) is 5.69 Å². The van der Waals surface area contributed by atoms with Crippen LogP contribution in [0.2, 0.25) is 0 Å². The Morgan fingerprint density at radius 2 is 1.83 bits per heavy atom. The lowest BCUT2D eigenvalue weighted by molar-refractivity contribution is -0.125. The molecule has 0 saturated heterocycles. The molecule has 1 aliphatic heterocycles. The fourth-order valence-electron chi connectivity index (χ4n) is 2.82. The number of ether oxygens (including phenoxy) is 1. The van der Waals surface area contributed by atoms with Crippen molar-refractivity contribution >= 4 is 33.6 Å². The number of para-hydroxylation sites is 2. The molecule has 0 spiro atoms. The Balaban J connectivity index is 1.76. The minimum absolute atomic E-state index is 0.0844. The van der Waals surface area contributed by atoms with Crippen molar-refractivity contribution in [1.82, 2.24) is 4.31 Å². The minimum atomic E-state index is -3.82. The van der Waals surface area contributed by atoms with Crippen LogP contribution in [0.1, 0.15) is 5.56 Å². The predicted octanol–water partition coefficient (Wildman–Crippen LogP) is 1.20. The fourth-order valence-corrected chi connectivity index (χ4v) is 3.64. The minimum Gasteiger partial charge on any atom is -0.477 e. The molecule has 9 heteroatoms. The number of primary amides is 1. The van der Waals surface area contributed by atoms with Crippen molar-refractivity contribution in [1.29, 1.82) is 0 Å². The van der Waals surface area contributed by atoms with Gasteiger partial charge in [0.15, 0.2) is 6.10 Å². The summed E-state index contributed by atoms with van der Waals surface area (Å²) in [7, 11) is -2.50. The molecular weight excluding hydrogens is 394 g/mol. The van der Waals surface area contributed by atoms with Gasteiger partial charge in [-0.15, -0.1) is 0 Å². The Hall–Kier alpha value is -3.17. The molecule has 0 bridgehead atoms. The van der Waals surface area contributed by atoms with Crippen molar-refractivity contribution in [3.63, 3.8) is 0 Å². The first-order valence-electron chi connectivity index (χ1n) is 8.83. The third-order valence-electron chi connectivity index (χ3n) is 4.42. The van der Waals surface area contributed by atoms with Crippen LogP contribution in [0.25, 0.3) is 6.08 Å². The van der Waals surface area contributed by atoms with Gasteiger partial charge in [0, 0.05) is 12.5 Å². The first-order valence-corrected chi connectivity index (χ1v) is 10.3. The van der Waals surface area contributed by atoms with Crippen LogP contribution in [-0.2, 0) is 19.6 Å². The molecule has 2 N–H and O–H groups in total. The van der Waals surface area contributed by atoms with Crippen molar-refractivity contribution in [3.05, 3.63) is 65.6 Å². The van der Waals surface area contributed by atoms with Gasteiger partial charge in [-0.1, -0.05) is 42.5 Å². The molecule has 0 aromatic heterocycles. The normalized spacial score (nSPS) is 16.5. The highest BCUT2D eigenvalue weighted by Gasteiger charge is 2.33. The molecule has 0 fully saturated rings. The Morgan fingerprint density at radius 3 is 2.52 bits per heavy atom. The van der Waals surface area contributed by atoms with Crippen LogP contribution in [0.3, 0.4) is 0 Å². The summed E-state index contributed by atoms with van der Waals surface area (Å²) in [6.07, 6.45) is 0.456. The number of carbonyl (C=O) groups excluding carboxylic acids is 2. The maximum atomic E-state index is 12.8. The number of hydrogen-bond acceptors (Lipinski definition) is 5. The van der Waals surface area contributed by atoms with Gasteiger partial charge < -0.3 is 15.4 Å². The molecule has 152 valence electrons. The molecule has 2 aromatic carbocycles. The van der Waals surface area contributed by atoms with Gasteiger partial charge in [-0.05, 0) is 23.8 Å². The average molecular weight is 415 g/mol. The van der Waals surface area contributed by atoms with Crippen molar-refractivity contribution in [2.45, 2.75) is 6.10 Å². The van der Waals surface area contributed by atoms with E-state index >= 15 is 0 Å². The van der Waals surface area contributed by atoms with Crippen molar-refractivity contribution in [2.24, 2.45) is 5.73 Å². The second kappa shape index (κ2) is 8.46. The topological polar surface area (TPSA) is 110 Å². The van der Waals surface area contributed by atoms with E-state index in [0.717, 1.165) is 15.3 Å². The molecule has 1 aliphatic rings. The van der Waals surface area contributed by atoms with Crippen LogP contribution in [-0.4, -0.2) is 50.8 Å². The van der Waals surface area contributed by atoms with Gasteiger partial charge in [0.05, 0.1) is 18.8 Å². The molecule has 29 heavy (non-hydrogen) atoms. The Kier molecular flexibility index (Phi) is 6.00. The molecule has 2 amide bonds. The SMILES string of the molecule is CN(CC(=O)N1C[C@H](C(N)=O)Oc2ccccc21)S(=O)(=O)/C=C/c1ccccc1. The van der Waals surface area contributed by atoms with E-state index in [1.165, 1.54) is 18.0 Å². The summed E-state index contributed by atoms with van der Waals surface area (Å²) in [6, 6.07) is 15.7. The molecule has 0 saturated carbocycles. The number of sulfonamides is 1. The summed E-state index contributed by atoms with van der Waals surface area (Å²) in [6.45, 7) is -0.486. The summed E-state index contributed by atoms with van der Waals surface area (Å²) in [5.74, 6) is -0.861. The Bertz CT molecular complexity index is 1040. The standard InChI is InChI=1S/C20H21N3O5S/c1-22(29(26,27)12-11-15-7-3-2-4-8-15)14-19(24)23-13-18(20(21)25)28-17-10-6-5-9-16(17)23/h2-12,18H,13-14H2,1H3,(H2,21,25)/b12-11+/t18-/m1/s1. The highest BCUT2D eigenvalue weighted by molar-refractivity contribution is 7.92. The van der Waals surface area contributed by atoms with Gasteiger partial charge in [0.25, 0.3) is 5.91 Å². The maximum Gasteiger partial charge on any atom is 0.260 e. The number of carbonyl (C=O) groups is 2. The largest absolute Gasteiger partial charge is 0.477 e. The van der Waals surface area contributed by atoms with E-state index in [4.69, 9.17) is 10.5 Å². The number of nitrogens with zero attached hydrogens (tertiary/aromatic N) is 2. The first-order chi connectivity index (χ1) is 13.8. The lowest BCUT2D eigenvalue weighted by Crippen LogP contribution is -2.51. The highest BCUT2D eigenvalue weighted by Crippen LogP contribution is 2.33. The van der Waals surface area contributed by atoms with E-state index < -0.39 is 34.5 Å². The smallest absolute Gasteiger partial charge is 0.260 e. The average Bonchev–Trinajstić information content (AvgIpc) is 2.72. The molecule has 0 unspecified atom stereocenters. The van der Waals surface area contributed by atoms with Gasteiger partial charge in [-0.25, -0.2) is 8.42 Å². The van der Waals surface area contributed by atoms with E-state index in [2.05, 4.69) is 0 Å². The highest BCUT2D eigenvalue weighted by atomic mass is 32.2. The van der Waals surface area contributed by atoms with Gasteiger partial charge in [-0.3, -0.25) is 9.59 Å². The second-order valence-corrected chi connectivity index (χ2v) is 8.42. The summed E-state index contributed by atoms with van der Waals surface area (Å²) < 4.78 is 31.5. The lowest BCUT2D eigenvalue weighted by atomic mass is 10.1. The fraction of sp³-hybridized carbons (Fsp3) is 0.200. The predicted molar refractivity (Wildman–Crippen MR) is 109 cm³/mol. The number of benzene rings is 2. The molecule has 8 nitrogen and oxygen atoms in total. The van der Waals surface area contributed by atoms with E-state index in [9.17, 15) is 18.0 Å². The van der Waals surface area contributed by atoms with E-state index in [1.807, 2.05) is 6.07 Å². The Labute approximate surface area is 169 Å². The maximum absolute atomic E-state index is 12.8. The van der Waals surface area contributed by atoms with Crippen molar-refractivity contribution in [3.8, 4) is 5.75 Å². The second-order valence-electron chi connectivity index (χ2n) is 6.50. The first kappa shape index (κ1) is 20.6.